The lowest BCUT2D eigenvalue weighted by atomic mass is 10.00. The predicted octanol–water partition coefficient (Wildman–Crippen LogP) is 3.58. The summed E-state index contributed by atoms with van der Waals surface area (Å²) < 4.78 is 14.0. The quantitative estimate of drug-likeness (QED) is 0.472. The van der Waals surface area contributed by atoms with Crippen LogP contribution in [0.1, 0.15) is 36.1 Å². The molecule has 3 aromatic heterocycles. The molecule has 3 heterocycles. The van der Waals surface area contributed by atoms with Crippen LogP contribution in [-0.4, -0.2) is 25.8 Å². The van der Waals surface area contributed by atoms with Crippen LogP contribution in [0.25, 0.3) is 22.4 Å². The van der Waals surface area contributed by atoms with E-state index in [0.717, 1.165) is 0 Å². The van der Waals surface area contributed by atoms with Crippen molar-refractivity contribution >= 4 is 16.8 Å². The Morgan fingerprint density at radius 1 is 1.10 bits per heavy atom. The standard InChI is InChI=1S/C22H20FN5O2/c1-12(2)20(17-11-19(29)27-21(26-17)16-7-3-4-9-24-16)28-22(30)18-10-13-14(23)6-5-8-15(13)25-18/h3-12,20,25H,1-2H3,(H,28,30)(H,26,27,29)/t20-/m0/s1. The molecule has 0 aliphatic heterocycles. The van der Waals surface area contributed by atoms with E-state index in [9.17, 15) is 14.0 Å². The van der Waals surface area contributed by atoms with Crippen LogP contribution in [0, 0.1) is 11.7 Å². The molecule has 30 heavy (non-hydrogen) atoms. The Morgan fingerprint density at radius 3 is 2.63 bits per heavy atom. The lowest BCUT2D eigenvalue weighted by Gasteiger charge is -2.22. The van der Waals surface area contributed by atoms with Gasteiger partial charge in [-0.3, -0.25) is 14.6 Å². The van der Waals surface area contributed by atoms with Gasteiger partial charge in [-0.1, -0.05) is 26.0 Å². The van der Waals surface area contributed by atoms with Gasteiger partial charge in [-0.05, 0) is 36.2 Å². The van der Waals surface area contributed by atoms with Crippen LogP contribution >= 0.6 is 0 Å². The zero-order chi connectivity index (χ0) is 21.3. The van der Waals surface area contributed by atoms with Crippen LogP contribution in [0.3, 0.4) is 0 Å². The molecule has 0 saturated carbocycles. The average Bonchev–Trinajstić information content (AvgIpc) is 3.18. The number of pyridine rings is 1. The van der Waals surface area contributed by atoms with Crippen LogP contribution in [0.4, 0.5) is 4.39 Å². The molecule has 1 amide bonds. The first-order chi connectivity index (χ1) is 14.4. The molecular weight excluding hydrogens is 385 g/mol. The molecule has 1 atom stereocenters. The Hall–Kier alpha value is -3.81. The van der Waals surface area contributed by atoms with Crippen LogP contribution in [0.5, 0.6) is 0 Å². The first-order valence-corrected chi connectivity index (χ1v) is 9.53. The smallest absolute Gasteiger partial charge is 0.268 e. The molecule has 0 unspecified atom stereocenters. The Bertz CT molecular complexity index is 1260. The fourth-order valence-electron chi connectivity index (χ4n) is 3.30. The van der Waals surface area contributed by atoms with E-state index < -0.39 is 17.8 Å². The summed E-state index contributed by atoms with van der Waals surface area (Å²) >= 11 is 0. The van der Waals surface area contributed by atoms with E-state index >= 15 is 0 Å². The first-order valence-electron chi connectivity index (χ1n) is 9.53. The van der Waals surface area contributed by atoms with E-state index in [1.807, 2.05) is 13.8 Å². The number of amides is 1. The largest absolute Gasteiger partial charge is 0.350 e. The minimum atomic E-state index is -0.529. The molecule has 7 nitrogen and oxygen atoms in total. The molecule has 4 rings (SSSR count). The number of aromatic amines is 2. The molecule has 0 aliphatic carbocycles. The van der Waals surface area contributed by atoms with Gasteiger partial charge in [0.15, 0.2) is 5.82 Å². The van der Waals surface area contributed by atoms with Crippen molar-refractivity contribution in [3.05, 3.63) is 82.3 Å². The molecule has 3 N–H and O–H groups in total. The van der Waals surface area contributed by atoms with E-state index in [-0.39, 0.29) is 17.2 Å². The average molecular weight is 405 g/mol. The molecule has 4 aromatic rings. The number of halogens is 1. The summed E-state index contributed by atoms with van der Waals surface area (Å²) in [6.45, 7) is 3.83. The molecule has 0 bridgehead atoms. The van der Waals surface area contributed by atoms with Gasteiger partial charge in [0.1, 0.15) is 17.2 Å². The third kappa shape index (κ3) is 3.84. The Balaban J connectivity index is 1.67. The number of carbonyl (C=O) groups is 1. The topological polar surface area (TPSA) is 104 Å². The highest BCUT2D eigenvalue weighted by atomic mass is 19.1. The fraction of sp³-hybridized carbons (Fsp3) is 0.182. The molecule has 0 fully saturated rings. The molecule has 152 valence electrons. The van der Waals surface area contributed by atoms with Crippen molar-refractivity contribution in [2.24, 2.45) is 5.92 Å². The minimum absolute atomic E-state index is 0.0547. The number of hydrogen-bond acceptors (Lipinski definition) is 4. The maximum absolute atomic E-state index is 14.0. The number of nitrogens with one attached hydrogen (secondary N) is 3. The normalized spacial score (nSPS) is 12.3. The summed E-state index contributed by atoms with van der Waals surface area (Å²) in [4.78, 5) is 39.5. The van der Waals surface area contributed by atoms with Gasteiger partial charge in [-0.2, -0.15) is 0 Å². The van der Waals surface area contributed by atoms with Gasteiger partial charge in [0.25, 0.3) is 11.5 Å². The zero-order valence-electron chi connectivity index (χ0n) is 16.4. The van der Waals surface area contributed by atoms with Crippen LogP contribution < -0.4 is 10.9 Å². The maximum atomic E-state index is 14.0. The Labute approximate surface area is 171 Å². The highest BCUT2D eigenvalue weighted by Crippen LogP contribution is 2.23. The first kappa shape index (κ1) is 19.5. The van der Waals surface area contributed by atoms with Gasteiger partial charge in [0.05, 0.1) is 11.7 Å². The lowest BCUT2D eigenvalue weighted by molar-refractivity contribution is 0.0920. The van der Waals surface area contributed by atoms with Gasteiger partial charge >= 0.3 is 0 Å². The highest BCUT2D eigenvalue weighted by Gasteiger charge is 2.23. The molecule has 1 aromatic carbocycles. The number of fused-ring (bicyclic) bond motifs is 1. The lowest BCUT2D eigenvalue weighted by Crippen LogP contribution is -2.33. The number of aromatic nitrogens is 4. The van der Waals surface area contributed by atoms with E-state index in [0.29, 0.717) is 28.1 Å². The highest BCUT2D eigenvalue weighted by molar-refractivity contribution is 5.98. The molecule has 0 spiro atoms. The molecule has 8 heteroatoms. The second kappa shape index (κ2) is 7.90. The number of benzene rings is 1. The summed E-state index contributed by atoms with van der Waals surface area (Å²) in [5, 5.41) is 3.25. The van der Waals surface area contributed by atoms with Crippen molar-refractivity contribution in [1.82, 2.24) is 25.3 Å². The third-order valence-electron chi connectivity index (χ3n) is 4.80. The van der Waals surface area contributed by atoms with Gasteiger partial charge in [0, 0.05) is 23.2 Å². The second-order valence-electron chi connectivity index (χ2n) is 7.31. The summed E-state index contributed by atoms with van der Waals surface area (Å²) in [6.07, 6.45) is 1.61. The third-order valence-corrected chi connectivity index (χ3v) is 4.80. The van der Waals surface area contributed by atoms with Crippen molar-refractivity contribution in [1.29, 1.82) is 0 Å². The predicted molar refractivity (Wildman–Crippen MR) is 111 cm³/mol. The monoisotopic (exact) mass is 405 g/mol. The van der Waals surface area contributed by atoms with Crippen molar-refractivity contribution in [2.45, 2.75) is 19.9 Å². The van der Waals surface area contributed by atoms with Crippen LogP contribution in [0.15, 0.2) is 59.5 Å². The van der Waals surface area contributed by atoms with Gasteiger partial charge < -0.3 is 15.3 Å². The number of nitrogens with zero attached hydrogens (tertiary/aromatic N) is 2. The van der Waals surface area contributed by atoms with Crippen LogP contribution in [-0.2, 0) is 0 Å². The van der Waals surface area contributed by atoms with Crippen LogP contribution in [0.2, 0.25) is 0 Å². The number of rotatable bonds is 5. The van der Waals surface area contributed by atoms with Crippen molar-refractivity contribution < 1.29 is 9.18 Å². The van der Waals surface area contributed by atoms with Gasteiger partial charge in [0.2, 0.25) is 0 Å². The van der Waals surface area contributed by atoms with E-state index in [2.05, 4.69) is 25.3 Å². The van der Waals surface area contributed by atoms with E-state index in [1.165, 1.54) is 18.2 Å². The number of carbonyl (C=O) groups excluding carboxylic acids is 1. The summed E-state index contributed by atoms with van der Waals surface area (Å²) in [7, 11) is 0. The van der Waals surface area contributed by atoms with E-state index in [4.69, 9.17) is 0 Å². The zero-order valence-corrected chi connectivity index (χ0v) is 16.4. The summed E-state index contributed by atoms with van der Waals surface area (Å²) in [6, 6.07) is 12.2. The van der Waals surface area contributed by atoms with Crippen molar-refractivity contribution in [3.63, 3.8) is 0 Å². The Morgan fingerprint density at radius 2 is 1.93 bits per heavy atom. The second-order valence-corrected chi connectivity index (χ2v) is 7.31. The molecular formula is C22H20FN5O2. The Kier molecular flexibility index (Phi) is 5.14. The van der Waals surface area contributed by atoms with E-state index in [1.54, 1.807) is 36.5 Å². The minimum Gasteiger partial charge on any atom is -0.350 e. The number of hydrogen-bond donors (Lipinski definition) is 3. The van der Waals surface area contributed by atoms with Gasteiger partial charge in [-0.15, -0.1) is 0 Å². The van der Waals surface area contributed by atoms with Crippen molar-refractivity contribution in [3.8, 4) is 11.5 Å². The number of H-pyrrole nitrogens is 2. The molecule has 0 radical (unpaired) electrons. The maximum Gasteiger partial charge on any atom is 0.268 e. The fourth-order valence-corrected chi connectivity index (χ4v) is 3.30. The van der Waals surface area contributed by atoms with Crippen molar-refractivity contribution in [2.75, 3.05) is 0 Å². The summed E-state index contributed by atoms with van der Waals surface area (Å²) in [5.74, 6) is -0.545. The summed E-state index contributed by atoms with van der Waals surface area (Å²) in [5.41, 5.74) is 1.37. The van der Waals surface area contributed by atoms with Gasteiger partial charge in [-0.25, -0.2) is 9.37 Å². The SMILES string of the molecule is CC(C)[C@H](NC(=O)c1cc2c(F)cccc2[nH]1)c1cc(=O)[nH]c(-c2ccccn2)n1. The molecule has 0 saturated heterocycles. The molecule has 0 aliphatic rings.